The van der Waals surface area contributed by atoms with E-state index in [9.17, 15) is 4.39 Å². The number of hydrogen-bond acceptors (Lipinski definition) is 2. The number of ether oxygens (including phenoxy) is 1. The summed E-state index contributed by atoms with van der Waals surface area (Å²) in [5.74, 6) is 0.400. The van der Waals surface area contributed by atoms with Gasteiger partial charge in [-0.3, -0.25) is 4.99 Å². The Balaban J connectivity index is 1.97. The van der Waals surface area contributed by atoms with Gasteiger partial charge in [0.1, 0.15) is 11.6 Å². The molecular formula is C17H24FNO. The fourth-order valence-electron chi connectivity index (χ4n) is 2.50. The molecule has 0 unspecified atom stereocenters. The van der Waals surface area contributed by atoms with Crippen molar-refractivity contribution in [1.29, 1.82) is 0 Å². The second-order valence-corrected chi connectivity index (χ2v) is 5.34. The molecule has 2 nitrogen and oxygen atoms in total. The molecular weight excluding hydrogens is 253 g/mol. The highest BCUT2D eigenvalue weighted by Gasteiger charge is 2.15. The molecule has 20 heavy (non-hydrogen) atoms. The lowest BCUT2D eigenvalue weighted by molar-refractivity contribution is 0.316. The number of halogens is 1. The second kappa shape index (κ2) is 8.03. The highest BCUT2D eigenvalue weighted by molar-refractivity contribution is 6.03. The van der Waals surface area contributed by atoms with E-state index in [1.54, 1.807) is 6.07 Å². The summed E-state index contributed by atoms with van der Waals surface area (Å²) in [7, 11) is 0. The Morgan fingerprint density at radius 2 is 2.05 bits per heavy atom. The van der Waals surface area contributed by atoms with Crippen molar-refractivity contribution in [1.82, 2.24) is 0 Å². The van der Waals surface area contributed by atoms with Gasteiger partial charge in [-0.25, -0.2) is 4.39 Å². The Kier molecular flexibility index (Phi) is 6.03. The van der Waals surface area contributed by atoms with E-state index in [1.807, 2.05) is 0 Å². The van der Waals surface area contributed by atoms with Gasteiger partial charge in [-0.1, -0.05) is 32.6 Å². The van der Waals surface area contributed by atoms with Crippen LogP contribution >= 0.6 is 0 Å². The largest absolute Gasteiger partial charge is 0.493 e. The van der Waals surface area contributed by atoms with Crippen LogP contribution < -0.4 is 4.74 Å². The van der Waals surface area contributed by atoms with Gasteiger partial charge in [-0.15, -0.1) is 0 Å². The van der Waals surface area contributed by atoms with Crippen molar-refractivity contribution in [2.75, 3.05) is 13.2 Å². The molecule has 1 heterocycles. The molecule has 0 bridgehead atoms. The fraction of sp³-hybridized carbons (Fsp3) is 0.588. The minimum absolute atomic E-state index is 0.246. The minimum Gasteiger partial charge on any atom is -0.493 e. The summed E-state index contributed by atoms with van der Waals surface area (Å²) in [5, 5.41) is 0. The average molecular weight is 277 g/mol. The third-order valence-electron chi connectivity index (χ3n) is 3.63. The lowest BCUT2D eigenvalue weighted by Crippen LogP contribution is -2.02. The molecule has 0 saturated carbocycles. The van der Waals surface area contributed by atoms with E-state index in [0.717, 1.165) is 37.1 Å². The molecule has 3 heteroatoms. The van der Waals surface area contributed by atoms with Crippen molar-refractivity contribution in [2.24, 2.45) is 4.99 Å². The third kappa shape index (κ3) is 4.32. The molecule has 1 aliphatic heterocycles. The Morgan fingerprint density at radius 1 is 1.20 bits per heavy atom. The number of unbranched alkanes of at least 4 members (excludes halogenated alkanes) is 4. The Bertz CT molecular complexity index is 456. The predicted molar refractivity (Wildman–Crippen MR) is 81.3 cm³/mol. The summed E-state index contributed by atoms with van der Waals surface area (Å²) in [5.41, 5.74) is 2.05. The molecule has 1 aromatic rings. The summed E-state index contributed by atoms with van der Waals surface area (Å²) in [6.07, 6.45) is 8.14. The van der Waals surface area contributed by atoms with Gasteiger partial charge < -0.3 is 4.74 Å². The first-order valence-corrected chi connectivity index (χ1v) is 7.77. The van der Waals surface area contributed by atoms with Crippen LogP contribution in [0.2, 0.25) is 0 Å². The molecule has 0 atom stereocenters. The van der Waals surface area contributed by atoms with Crippen molar-refractivity contribution >= 4 is 5.71 Å². The van der Waals surface area contributed by atoms with Crippen LogP contribution in [0.1, 0.15) is 57.4 Å². The van der Waals surface area contributed by atoms with Crippen LogP contribution in [0.15, 0.2) is 23.2 Å². The van der Waals surface area contributed by atoms with Crippen LogP contribution in [0, 0.1) is 5.82 Å². The quantitative estimate of drug-likeness (QED) is 0.687. The van der Waals surface area contributed by atoms with Gasteiger partial charge in [-0.2, -0.15) is 0 Å². The highest BCUT2D eigenvalue weighted by Crippen LogP contribution is 2.25. The van der Waals surface area contributed by atoms with Crippen LogP contribution in [0.25, 0.3) is 0 Å². The maximum atomic E-state index is 13.3. The Hall–Kier alpha value is -1.38. The minimum atomic E-state index is -0.246. The summed E-state index contributed by atoms with van der Waals surface area (Å²) in [4.78, 5) is 4.73. The predicted octanol–water partition coefficient (Wildman–Crippen LogP) is 4.76. The number of rotatable bonds is 6. The van der Waals surface area contributed by atoms with E-state index in [1.165, 1.54) is 37.8 Å². The van der Waals surface area contributed by atoms with Gasteiger partial charge in [0.2, 0.25) is 0 Å². The van der Waals surface area contributed by atoms with Crippen LogP contribution in [0.4, 0.5) is 4.39 Å². The van der Waals surface area contributed by atoms with Gasteiger partial charge in [0, 0.05) is 23.9 Å². The molecule has 0 N–H and O–H groups in total. The zero-order valence-corrected chi connectivity index (χ0v) is 12.3. The summed E-state index contributed by atoms with van der Waals surface area (Å²) in [6, 6.07) is 4.76. The molecule has 0 fully saturated rings. The number of fused-ring (bicyclic) bond motifs is 1. The van der Waals surface area contributed by atoms with E-state index in [-0.39, 0.29) is 5.82 Å². The monoisotopic (exact) mass is 277 g/mol. The summed E-state index contributed by atoms with van der Waals surface area (Å²) >= 11 is 0. The van der Waals surface area contributed by atoms with E-state index in [0.29, 0.717) is 12.4 Å². The van der Waals surface area contributed by atoms with Crippen LogP contribution in [-0.2, 0) is 0 Å². The maximum absolute atomic E-state index is 13.3. The van der Waals surface area contributed by atoms with Gasteiger partial charge in [0.25, 0.3) is 0 Å². The number of aliphatic imine (C=N–C) groups is 1. The lowest BCUT2D eigenvalue weighted by atomic mass is 10.1. The van der Waals surface area contributed by atoms with Crippen LogP contribution in [0.3, 0.4) is 0 Å². The lowest BCUT2D eigenvalue weighted by Gasteiger charge is -2.08. The fourth-order valence-corrected chi connectivity index (χ4v) is 2.50. The summed E-state index contributed by atoms with van der Waals surface area (Å²) in [6.45, 7) is 3.74. The topological polar surface area (TPSA) is 21.6 Å². The van der Waals surface area contributed by atoms with Crippen LogP contribution in [-0.4, -0.2) is 18.9 Å². The molecule has 0 saturated heterocycles. The number of benzene rings is 1. The van der Waals surface area contributed by atoms with Crippen molar-refractivity contribution in [3.8, 4) is 5.75 Å². The van der Waals surface area contributed by atoms with Gasteiger partial charge in [0.15, 0.2) is 0 Å². The number of hydrogen-bond donors (Lipinski definition) is 0. The molecule has 0 spiro atoms. The van der Waals surface area contributed by atoms with Crippen LogP contribution in [0.5, 0.6) is 5.75 Å². The zero-order chi connectivity index (χ0) is 14.2. The van der Waals surface area contributed by atoms with Crippen molar-refractivity contribution < 1.29 is 9.13 Å². The number of nitrogens with zero attached hydrogens (tertiary/aromatic N) is 1. The van der Waals surface area contributed by atoms with Gasteiger partial charge >= 0.3 is 0 Å². The first-order valence-electron chi connectivity index (χ1n) is 7.77. The van der Waals surface area contributed by atoms with Crippen molar-refractivity contribution in [3.05, 3.63) is 29.6 Å². The highest BCUT2D eigenvalue weighted by atomic mass is 19.1. The summed E-state index contributed by atoms with van der Waals surface area (Å²) < 4.78 is 18.9. The van der Waals surface area contributed by atoms with E-state index >= 15 is 0 Å². The van der Waals surface area contributed by atoms with E-state index < -0.39 is 0 Å². The molecule has 110 valence electrons. The normalized spacial score (nSPS) is 16.6. The maximum Gasteiger partial charge on any atom is 0.131 e. The molecule has 0 aromatic heterocycles. The van der Waals surface area contributed by atoms with E-state index in [2.05, 4.69) is 6.92 Å². The molecule has 1 aliphatic rings. The van der Waals surface area contributed by atoms with Crippen molar-refractivity contribution in [2.45, 2.75) is 51.9 Å². The van der Waals surface area contributed by atoms with Gasteiger partial charge in [-0.05, 0) is 31.4 Å². The standard InChI is InChI=1S/C17H24FNO/c1-2-3-4-5-6-11-19-16-8-7-12-20-17-13-14(18)9-10-15(16)17/h9-10,13H,2-8,11-12H2,1H3. The van der Waals surface area contributed by atoms with Crippen molar-refractivity contribution in [3.63, 3.8) is 0 Å². The zero-order valence-electron chi connectivity index (χ0n) is 12.3. The first kappa shape index (κ1) is 15.0. The molecule has 0 aliphatic carbocycles. The second-order valence-electron chi connectivity index (χ2n) is 5.34. The Morgan fingerprint density at radius 3 is 2.90 bits per heavy atom. The SMILES string of the molecule is CCCCCCCN=C1CCCOc2cc(F)ccc21. The molecule has 0 radical (unpaired) electrons. The molecule has 0 amide bonds. The van der Waals surface area contributed by atoms with E-state index in [4.69, 9.17) is 9.73 Å². The first-order chi connectivity index (χ1) is 9.81. The average Bonchev–Trinajstić information content (AvgIpc) is 2.64. The molecule has 1 aromatic carbocycles. The Labute approximate surface area is 121 Å². The molecule has 2 rings (SSSR count). The van der Waals surface area contributed by atoms with Gasteiger partial charge in [0.05, 0.1) is 6.61 Å². The third-order valence-corrected chi connectivity index (χ3v) is 3.63. The smallest absolute Gasteiger partial charge is 0.131 e.